The van der Waals surface area contributed by atoms with Gasteiger partial charge in [0.25, 0.3) is 0 Å². The smallest absolute Gasteiger partial charge is 0.161 e. The molecule has 6 rings (SSSR count). The van der Waals surface area contributed by atoms with Crippen LogP contribution in [0.1, 0.15) is 0 Å². The number of pyridine rings is 3. The van der Waals surface area contributed by atoms with Crippen LogP contribution < -0.4 is 0 Å². The Balaban J connectivity index is 1.53. The highest BCUT2D eigenvalue weighted by molar-refractivity contribution is 5.95. The van der Waals surface area contributed by atoms with Crippen LogP contribution in [0.3, 0.4) is 0 Å². The number of fused-ring (bicyclic) bond motifs is 2. The summed E-state index contributed by atoms with van der Waals surface area (Å²) < 4.78 is 14.4. The van der Waals surface area contributed by atoms with Gasteiger partial charge in [0.2, 0.25) is 0 Å². The van der Waals surface area contributed by atoms with Crippen molar-refractivity contribution in [2.24, 2.45) is 0 Å². The Bertz CT molecular complexity index is 1550. The highest BCUT2D eigenvalue weighted by Crippen LogP contribution is 2.32. The van der Waals surface area contributed by atoms with Crippen LogP contribution in [0.2, 0.25) is 0 Å². The lowest BCUT2D eigenvalue weighted by molar-refractivity contribution is 0.631. The lowest BCUT2D eigenvalue weighted by Gasteiger charge is -2.03. The van der Waals surface area contributed by atoms with E-state index in [-0.39, 0.29) is 5.82 Å². The molecule has 0 bridgehead atoms. The Morgan fingerprint density at radius 2 is 1.65 bits per heavy atom. The molecule has 0 spiro atoms. The van der Waals surface area contributed by atoms with E-state index in [0.717, 1.165) is 16.9 Å². The van der Waals surface area contributed by atoms with Crippen molar-refractivity contribution in [3.05, 3.63) is 79.0 Å². The number of hydrogen-bond acceptors (Lipinski definition) is 5. The van der Waals surface area contributed by atoms with E-state index in [1.54, 1.807) is 36.8 Å². The summed E-state index contributed by atoms with van der Waals surface area (Å²) in [5, 5.41) is 7.42. The standard InChI is InChI=1S/C23H14FN7/c24-15-6-2-1-5-13(15)14-11-25-12-19-20(14)29-23(28-19)22-21-18(30-31-22)9-8-17(27-21)16-7-3-4-10-26-16/h1-12H,(H,28,29)(H,30,31). The molecule has 2 N–H and O–H groups in total. The van der Waals surface area contributed by atoms with Gasteiger partial charge >= 0.3 is 0 Å². The number of halogens is 1. The van der Waals surface area contributed by atoms with Crippen molar-refractivity contribution in [3.8, 4) is 34.0 Å². The summed E-state index contributed by atoms with van der Waals surface area (Å²) in [5.41, 5.74) is 5.89. The van der Waals surface area contributed by atoms with Gasteiger partial charge in [-0.3, -0.25) is 15.1 Å². The number of nitrogens with one attached hydrogen (secondary N) is 2. The summed E-state index contributed by atoms with van der Waals surface area (Å²) in [4.78, 5) is 21.3. The quantitative estimate of drug-likeness (QED) is 0.441. The molecule has 0 fully saturated rings. The molecule has 0 aliphatic heterocycles. The summed E-state index contributed by atoms with van der Waals surface area (Å²) in [5.74, 6) is 0.200. The summed E-state index contributed by atoms with van der Waals surface area (Å²) in [6.07, 6.45) is 5.01. The Hall–Kier alpha value is -4.46. The largest absolute Gasteiger partial charge is 0.335 e. The molecule has 0 saturated carbocycles. The first-order chi connectivity index (χ1) is 15.3. The molecule has 8 heteroatoms. The van der Waals surface area contributed by atoms with Crippen molar-refractivity contribution in [3.63, 3.8) is 0 Å². The Morgan fingerprint density at radius 1 is 0.742 bits per heavy atom. The molecule has 5 heterocycles. The minimum absolute atomic E-state index is 0.326. The Morgan fingerprint density at radius 3 is 2.52 bits per heavy atom. The minimum atomic E-state index is -0.326. The second-order valence-corrected chi connectivity index (χ2v) is 7.03. The van der Waals surface area contributed by atoms with Crippen molar-refractivity contribution < 1.29 is 4.39 Å². The molecule has 148 valence electrons. The van der Waals surface area contributed by atoms with Gasteiger partial charge in [0.05, 0.1) is 28.6 Å². The van der Waals surface area contributed by atoms with Gasteiger partial charge in [-0.25, -0.2) is 14.4 Å². The van der Waals surface area contributed by atoms with E-state index in [0.29, 0.717) is 39.2 Å². The Kier molecular flexibility index (Phi) is 3.82. The second kappa shape index (κ2) is 6.81. The van der Waals surface area contributed by atoms with Crippen molar-refractivity contribution in [1.82, 2.24) is 35.1 Å². The number of rotatable bonds is 3. The van der Waals surface area contributed by atoms with E-state index in [4.69, 9.17) is 9.97 Å². The zero-order chi connectivity index (χ0) is 20.8. The van der Waals surface area contributed by atoms with E-state index in [2.05, 4.69) is 25.1 Å². The van der Waals surface area contributed by atoms with Crippen LogP contribution >= 0.6 is 0 Å². The Labute approximate surface area is 175 Å². The predicted octanol–water partition coefficient (Wildman–Crippen LogP) is 4.76. The fourth-order valence-electron chi connectivity index (χ4n) is 3.64. The molecule has 0 aliphatic carbocycles. The lowest BCUT2D eigenvalue weighted by atomic mass is 10.1. The number of H-pyrrole nitrogens is 2. The van der Waals surface area contributed by atoms with Crippen molar-refractivity contribution >= 4 is 22.1 Å². The molecule has 7 nitrogen and oxygen atoms in total. The van der Waals surface area contributed by atoms with Crippen LogP contribution in [0.4, 0.5) is 4.39 Å². The van der Waals surface area contributed by atoms with Crippen molar-refractivity contribution in [2.45, 2.75) is 0 Å². The molecule has 1 aromatic carbocycles. The summed E-state index contributed by atoms with van der Waals surface area (Å²) in [6.45, 7) is 0. The van der Waals surface area contributed by atoms with Gasteiger partial charge in [0.1, 0.15) is 16.9 Å². The predicted molar refractivity (Wildman–Crippen MR) is 115 cm³/mol. The van der Waals surface area contributed by atoms with Crippen LogP contribution in [0, 0.1) is 5.82 Å². The number of benzene rings is 1. The molecular formula is C23H14FN7. The van der Waals surface area contributed by atoms with Crippen LogP contribution in [0.5, 0.6) is 0 Å². The van der Waals surface area contributed by atoms with Crippen molar-refractivity contribution in [2.75, 3.05) is 0 Å². The number of nitrogens with zero attached hydrogens (tertiary/aromatic N) is 5. The first-order valence-corrected chi connectivity index (χ1v) is 9.63. The van der Waals surface area contributed by atoms with Crippen LogP contribution in [0.25, 0.3) is 56.1 Å². The fourth-order valence-corrected chi connectivity index (χ4v) is 3.64. The first kappa shape index (κ1) is 17.4. The monoisotopic (exact) mass is 407 g/mol. The highest BCUT2D eigenvalue weighted by Gasteiger charge is 2.18. The van der Waals surface area contributed by atoms with E-state index in [9.17, 15) is 4.39 Å². The average molecular weight is 407 g/mol. The summed E-state index contributed by atoms with van der Waals surface area (Å²) >= 11 is 0. The van der Waals surface area contributed by atoms with Crippen molar-refractivity contribution in [1.29, 1.82) is 0 Å². The number of imidazole rings is 1. The molecule has 0 saturated heterocycles. The molecular weight excluding hydrogens is 393 g/mol. The zero-order valence-electron chi connectivity index (χ0n) is 16.0. The van der Waals surface area contributed by atoms with E-state index < -0.39 is 0 Å². The molecule has 31 heavy (non-hydrogen) atoms. The maximum absolute atomic E-state index is 14.4. The van der Waals surface area contributed by atoms with Gasteiger partial charge in [-0.1, -0.05) is 24.3 Å². The topological polar surface area (TPSA) is 96.0 Å². The number of hydrogen-bond donors (Lipinski definition) is 2. The summed E-state index contributed by atoms with van der Waals surface area (Å²) in [7, 11) is 0. The maximum Gasteiger partial charge on any atom is 0.161 e. The highest BCUT2D eigenvalue weighted by atomic mass is 19.1. The first-order valence-electron chi connectivity index (χ1n) is 9.63. The average Bonchev–Trinajstić information content (AvgIpc) is 3.43. The third kappa shape index (κ3) is 2.84. The maximum atomic E-state index is 14.4. The molecule has 0 radical (unpaired) electrons. The van der Waals surface area contributed by atoms with Gasteiger partial charge in [0.15, 0.2) is 11.5 Å². The van der Waals surface area contributed by atoms with Crippen LogP contribution in [-0.2, 0) is 0 Å². The van der Waals surface area contributed by atoms with E-state index in [1.165, 1.54) is 6.07 Å². The van der Waals surface area contributed by atoms with Gasteiger partial charge < -0.3 is 4.98 Å². The molecule has 6 aromatic rings. The fraction of sp³-hybridized carbons (Fsp3) is 0. The normalized spacial score (nSPS) is 11.4. The number of aromatic amines is 2. The molecule has 0 atom stereocenters. The SMILES string of the molecule is Fc1ccccc1-c1cncc2[nH]c(-c3n[nH]c4ccc(-c5ccccn5)nc34)nc12. The van der Waals surface area contributed by atoms with E-state index in [1.807, 2.05) is 30.3 Å². The van der Waals surface area contributed by atoms with Gasteiger partial charge in [0, 0.05) is 23.5 Å². The van der Waals surface area contributed by atoms with Gasteiger partial charge in [-0.05, 0) is 30.3 Å². The lowest BCUT2D eigenvalue weighted by Crippen LogP contribution is -1.88. The van der Waals surface area contributed by atoms with Gasteiger partial charge in [-0.15, -0.1) is 0 Å². The molecule has 0 aliphatic rings. The molecule has 0 amide bonds. The van der Waals surface area contributed by atoms with Gasteiger partial charge in [-0.2, -0.15) is 5.10 Å². The molecule has 5 aromatic heterocycles. The third-order valence-corrected chi connectivity index (χ3v) is 5.12. The minimum Gasteiger partial charge on any atom is -0.335 e. The number of aromatic nitrogens is 7. The van der Waals surface area contributed by atoms with Crippen LogP contribution in [0.15, 0.2) is 73.2 Å². The zero-order valence-corrected chi connectivity index (χ0v) is 16.0. The third-order valence-electron chi connectivity index (χ3n) is 5.12. The molecule has 0 unspecified atom stereocenters. The van der Waals surface area contributed by atoms with Crippen LogP contribution in [-0.4, -0.2) is 35.1 Å². The second-order valence-electron chi connectivity index (χ2n) is 7.03. The van der Waals surface area contributed by atoms with E-state index >= 15 is 0 Å². The summed E-state index contributed by atoms with van der Waals surface area (Å²) in [6, 6.07) is 16.1.